The Balaban J connectivity index is 2.82. The van der Waals surface area contributed by atoms with Gasteiger partial charge in [-0.1, -0.05) is 5.04 Å². The van der Waals surface area contributed by atoms with Crippen molar-refractivity contribution in [3.05, 3.63) is 0 Å². The average molecular weight is 142 g/mol. The molecule has 8 heavy (non-hydrogen) atoms. The van der Waals surface area contributed by atoms with E-state index in [1.54, 1.807) is 6.92 Å². The van der Waals surface area contributed by atoms with Crippen molar-refractivity contribution >= 4 is 8.25 Å². The minimum Gasteiger partial charge on any atom is -0.325 e. The quantitative estimate of drug-likeness (QED) is 0.264. The van der Waals surface area contributed by atoms with Crippen LogP contribution in [0.2, 0.25) is 0 Å². The normalized spacial score (nSPS) is 13.8. The highest BCUT2D eigenvalue weighted by Crippen LogP contribution is 2.13. The van der Waals surface area contributed by atoms with Crippen molar-refractivity contribution in [1.82, 2.24) is 0 Å². The van der Waals surface area contributed by atoms with Gasteiger partial charge < -0.3 is 4.89 Å². The van der Waals surface area contributed by atoms with Crippen molar-refractivity contribution in [2.24, 2.45) is 0 Å². The van der Waals surface area contributed by atoms with Gasteiger partial charge in [-0.3, -0.25) is 4.57 Å². The lowest BCUT2D eigenvalue weighted by molar-refractivity contribution is -0.465. The smallest absolute Gasteiger partial charge is 0.325 e. The molecule has 5 nitrogen and oxygen atoms in total. The van der Waals surface area contributed by atoms with Gasteiger partial charge in [-0.15, -0.1) is 4.67 Å². The first kappa shape index (κ1) is 8.07. The van der Waals surface area contributed by atoms with E-state index < -0.39 is 8.25 Å². The Bertz CT molecular complexity index is 72.8. The van der Waals surface area contributed by atoms with Gasteiger partial charge in [0.1, 0.15) is 0 Å². The van der Waals surface area contributed by atoms with Crippen LogP contribution in [0.1, 0.15) is 6.92 Å². The molecule has 1 atom stereocenters. The Kier molecular flexibility index (Phi) is 5.26. The molecule has 0 heterocycles. The molecule has 0 aliphatic rings. The largest absolute Gasteiger partial charge is 0.347 e. The Hall–Kier alpha value is 0.0700. The van der Waals surface area contributed by atoms with Gasteiger partial charge in [0.15, 0.2) is 0 Å². The van der Waals surface area contributed by atoms with E-state index in [0.29, 0.717) is 0 Å². The lowest BCUT2D eigenvalue weighted by Crippen LogP contribution is -1.88. The van der Waals surface area contributed by atoms with E-state index in [0.717, 1.165) is 0 Å². The second-order valence-corrected chi connectivity index (χ2v) is 1.52. The standard InChI is InChI=1S/C2H7O5P/c1-2-5-6-7-8(3)4/h8H,2H2,1H3,(H,3,4). The molecule has 0 aromatic carbocycles. The van der Waals surface area contributed by atoms with Gasteiger partial charge in [-0.25, -0.2) is 4.89 Å². The molecule has 0 rings (SSSR count). The summed E-state index contributed by atoms with van der Waals surface area (Å²) < 4.78 is 13.3. The summed E-state index contributed by atoms with van der Waals surface area (Å²) in [4.78, 5) is 12.0. The van der Waals surface area contributed by atoms with E-state index >= 15 is 0 Å². The van der Waals surface area contributed by atoms with Gasteiger partial charge in [-0.05, 0) is 6.92 Å². The van der Waals surface area contributed by atoms with E-state index in [9.17, 15) is 4.57 Å². The van der Waals surface area contributed by atoms with Crippen LogP contribution in [-0.4, -0.2) is 11.5 Å². The monoisotopic (exact) mass is 142 g/mol. The Morgan fingerprint density at radius 3 is 2.75 bits per heavy atom. The first-order valence-corrected chi connectivity index (χ1v) is 3.22. The molecule has 0 spiro atoms. The van der Waals surface area contributed by atoms with Crippen LogP contribution in [-0.2, 0) is 19.2 Å². The highest BCUT2D eigenvalue weighted by atomic mass is 31.1. The van der Waals surface area contributed by atoms with E-state index in [-0.39, 0.29) is 6.61 Å². The van der Waals surface area contributed by atoms with Crippen molar-refractivity contribution in [3.8, 4) is 0 Å². The topological polar surface area (TPSA) is 65.0 Å². The van der Waals surface area contributed by atoms with Crippen molar-refractivity contribution < 1.29 is 24.1 Å². The van der Waals surface area contributed by atoms with Crippen LogP contribution in [0, 0.1) is 0 Å². The van der Waals surface area contributed by atoms with Gasteiger partial charge in [0, 0.05) is 0 Å². The summed E-state index contributed by atoms with van der Waals surface area (Å²) in [6.07, 6.45) is 0. The van der Waals surface area contributed by atoms with Crippen LogP contribution in [0.4, 0.5) is 0 Å². The molecule has 0 fully saturated rings. The molecular weight excluding hydrogens is 135 g/mol. The maximum atomic E-state index is 9.63. The third-order valence-corrected chi connectivity index (χ3v) is 0.482. The Morgan fingerprint density at radius 2 is 2.38 bits per heavy atom. The number of hydrogen-bond acceptors (Lipinski definition) is 4. The van der Waals surface area contributed by atoms with Crippen LogP contribution in [0.5, 0.6) is 0 Å². The minimum absolute atomic E-state index is 0.273. The molecule has 50 valence electrons. The second kappa shape index (κ2) is 5.21. The first-order chi connectivity index (χ1) is 3.77. The molecule has 0 bridgehead atoms. The molecule has 6 heteroatoms. The predicted molar refractivity (Wildman–Crippen MR) is 25.0 cm³/mol. The predicted octanol–water partition coefficient (Wildman–Crippen LogP) is 0.268. The fourth-order valence-electron chi connectivity index (χ4n) is 0.101. The van der Waals surface area contributed by atoms with E-state index in [1.807, 2.05) is 0 Å². The van der Waals surface area contributed by atoms with Crippen LogP contribution in [0.15, 0.2) is 0 Å². The zero-order valence-electron chi connectivity index (χ0n) is 4.29. The summed E-state index contributed by atoms with van der Waals surface area (Å²) in [6.45, 7) is 1.92. The minimum atomic E-state index is -3.00. The summed E-state index contributed by atoms with van der Waals surface area (Å²) in [6, 6.07) is 0. The zero-order valence-corrected chi connectivity index (χ0v) is 5.29. The van der Waals surface area contributed by atoms with E-state index in [1.165, 1.54) is 0 Å². The zero-order chi connectivity index (χ0) is 6.41. The maximum Gasteiger partial charge on any atom is 0.347 e. The molecule has 0 amide bonds. The summed E-state index contributed by atoms with van der Waals surface area (Å²) in [5.41, 5.74) is 0. The van der Waals surface area contributed by atoms with Crippen molar-refractivity contribution in [1.29, 1.82) is 0 Å². The molecule has 1 N–H and O–H groups in total. The Morgan fingerprint density at radius 1 is 1.75 bits per heavy atom. The van der Waals surface area contributed by atoms with Gasteiger partial charge in [-0.2, -0.15) is 0 Å². The molecule has 0 aromatic rings. The summed E-state index contributed by atoms with van der Waals surface area (Å²) in [5, 5.41) is 3.73. The third-order valence-electron chi connectivity index (χ3n) is 0.271. The summed E-state index contributed by atoms with van der Waals surface area (Å²) in [5.74, 6) is 0. The molecule has 0 aromatic heterocycles. The van der Waals surface area contributed by atoms with Crippen LogP contribution >= 0.6 is 8.25 Å². The average Bonchev–Trinajstić information content (AvgIpc) is 1.66. The highest BCUT2D eigenvalue weighted by molar-refractivity contribution is 7.31. The van der Waals surface area contributed by atoms with Crippen molar-refractivity contribution in [3.63, 3.8) is 0 Å². The Labute approximate surface area is 47.0 Å². The van der Waals surface area contributed by atoms with Gasteiger partial charge >= 0.3 is 8.25 Å². The fraction of sp³-hybridized carbons (Fsp3) is 1.00. The molecule has 0 radical (unpaired) electrons. The molecule has 0 saturated heterocycles. The maximum absolute atomic E-state index is 9.63. The van der Waals surface area contributed by atoms with E-state index in [2.05, 4.69) is 14.6 Å². The van der Waals surface area contributed by atoms with Crippen molar-refractivity contribution in [2.45, 2.75) is 6.92 Å². The van der Waals surface area contributed by atoms with Crippen LogP contribution in [0.3, 0.4) is 0 Å². The van der Waals surface area contributed by atoms with Gasteiger partial charge in [0.2, 0.25) is 0 Å². The molecule has 0 aliphatic carbocycles. The van der Waals surface area contributed by atoms with Crippen LogP contribution in [0.25, 0.3) is 0 Å². The molecular formula is C2H7O5P. The molecule has 1 unspecified atom stereocenters. The third kappa shape index (κ3) is 6.07. The molecule has 0 aliphatic heterocycles. The highest BCUT2D eigenvalue weighted by Gasteiger charge is 1.89. The summed E-state index contributed by atoms with van der Waals surface area (Å²) in [7, 11) is -3.00. The second-order valence-electron chi connectivity index (χ2n) is 0.824. The lowest BCUT2D eigenvalue weighted by atomic mass is 10.9. The van der Waals surface area contributed by atoms with Gasteiger partial charge in [0.05, 0.1) is 6.61 Å². The number of rotatable bonds is 4. The SMILES string of the molecule is CCOOO[PH](=O)O. The molecule has 0 saturated carbocycles. The van der Waals surface area contributed by atoms with E-state index in [4.69, 9.17) is 4.89 Å². The van der Waals surface area contributed by atoms with Gasteiger partial charge in [0.25, 0.3) is 0 Å². The fourth-order valence-corrected chi connectivity index (χ4v) is 0.208. The first-order valence-electron chi connectivity index (χ1n) is 1.96. The van der Waals surface area contributed by atoms with Crippen LogP contribution < -0.4 is 0 Å². The summed E-state index contributed by atoms with van der Waals surface area (Å²) >= 11 is 0. The van der Waals surface area contributed by atoms with Crippen molar-refractivity contribution in [2.75, 3.05) is 6.61 Å². The lowest BCUT2D eigenvalue weighted by Gasteiger charge is -1.93. The number of hydrogen-bond donors (Lipinski definition) is 1.